The maximum Gasteiger partial charge on any atom is 0.163 e. The molecule has 1 fully saturated rings. The van der Waals surface area contributed by atoms with Gasteiger partial charge in [-0.05, 0) is 13.3 Å². The second-order valence-corrected chi connectivity index (χ2v) is 4.63. The fourth-order valence-electron chi connectivity index (χ4n) is 2.47. The highest BCUT2D eigenvalue weighted by Gasteiger charge is 2.42. The van der Waals surface area contributed by atoms with E-state index in [1.807, 2.05) is 6.92 Å². The summed E-state index contributed by atoms with van der Waals surface area (Å²) < 4.78 is 1.69. The van der Waals surface area contributed by atoms with Gasteiger partial charge in [-0.15, -0.1) is 0 Å². The van der Waals surface area contributed by atoms with Gasteiger partial charge in [-0.1, -0.05) is 0 Å². The van der Waals surface area contributed by atoms with Crippen LogP contribution in [-0.4, -0.2) is 53.2 Å². The van der Waals surface area contributed by atoms with Crippen molar-refractivity contribution in [1.29, 1.82) is 0 Å². The molecule has 3 rings (SSSR count). The normalized spacial score (nSPS) is 32.2. The molecule has 0 saturated heterocycles. The summed E-state index contributed by atoms with van der Waals surface area (Å²) in [5.74, 6) is 0. The van der Waals surface area contributed by atoms with Gasteiger partial charge in [-0.2, -0.15) is 0 Å². The topological polar surface area (TPSA) is 104 Å². The van der Waals surface area contributed by atoms with E-state index in [1.54, 1.807) is 10.9 Å². The quantitative estimate of drug-likeness (QED) is 0.609. The predicted octanol–water partition coefficient (Wildman–Crippen LogP) is -0.838. The molecular weight excluding hydrogens is 236 g/mol. The number of aliphatic hydroxyl groups is 3. The largest absolute Gasteiger partial charge is 0.390 e. The SMILES string of the molecule is Cc1ncnc2c1ncn2[C@H]1C[C@@H](O)[C@H](O)[C@@H]1O. The first-order valence-corrected chi connectivity index (χ1v) is 5.78. The average molecular weight is 250 g/mol. The van der Waals surface area contributed by atoms with Gasteiger partial charge >= 0.3 is 0 Å². The van der Waals surface area contributed by atoms with Crippen molar-refractivity contribution in [2.45, 2.75) is 37.7 Å². The number of aromatic nitrogens is 4. The smallest absolute Gasteiger partial charge is 0.163 e. The van der Waals surface area contributed by atoms with E-state index < -0.39 is 24.4 Å². The number of imidazole rings is 1. The Morgan fingerprint density at radius 2 is 1.94 bits per heavy atom. The molecule has 0 aliphatic heterocycles. The Bertz CT molecular complexity index is 585. The lowest BCUT2D eigenvalue weighted by Gasteiger charge is -2.17. The minimum Gasteiger partial charge on any atom is -0.390 e. The summed E-state index contributed by atoms with van der Waals surface area (Å²) in [6.45, 7) is 1.83. The molecule has 7 nitrogen and oxygen atoms in total. The Kier molecular flexibility index (Phi) is 2.54. The van der Waals surface area contributed by atoms with Crippen LogP contribution in [0.15, 0.2) is 12.7 Å². The molecule has 0 spiro atoms. The molecule has 2 aromatic rings. The number of aryl methyl sites for hydroxylation is 1. The number of hydrogen-bond acceptors (Lipinski definition) is 6. The second-order valence-electron chi connectivity index (χ2n) is 4.63. The van der Waals surface area contributed by atoms with Gasteiger partial charge < -0.3 is 19.9 Å². The zero-order chi connectivity index (χ0) is 12.9. The summed E-state index contributed by atoms with van der Waals surface area (Å²) >= 11 is 0. The molecule has 2 aromatic heterocycles. The first-order chi connectivity index (χ1) is 8.59. The van der Waals surface area contributed by atoms with Crippen LogP contribution < -0.4 is 0 Å². The first kappa shape index (κ1) is 11.5. The summed E-state index contributed by atoms with van der Waals surface area (Å²) in [6, 6.07) is -0.422. The van der Waals surface area contributed by atoms with Gasteiger partial charge in [0.1, 0.15) is 24.1 Å². The van der Waals surface area contributed by atoms with E-state index in [0.29, 0.717) is 11.2 Å². The summed E-state index contributed by atoms with van der Waals surface area (Å²) in [5.41, 5.74) is 2.03. The Morgan fingerprint density at radius 3 is 2.61 bits per heavy atom. The molecule has 96 valence electrons. The summed E-state index contributed by atoms with van der Waals surface area (Å²) in [6.07, 6.45) is 0.194. The van der Waals surface area contributed by atoms with Crippen molar-refractivity contribution in [2.24, 2.45) is 0 Å². The molecule has 4 atom stereocenters. The summed E-state index contributed by atoms with van der Waals surface area (Å²) in [5, 5.41) is 29.1. The van der Waals surface area contributed by atoms with E-state index in [1.165, 1.54) is 6.33 Å². The minimum absolute atomic E-state index is 0.275. The minimum atomic E-state index is -1.13. The van der Waals surface area contributed by atoms with Crippen molar-refractivity contribution in [3.8, 4) is 0 Å². The first-order valence-electron chi connectivity index (χ1n) is 5.78. The lowest BCUT2D eigenvalue weighted by atomic mass is 10.2. The highest BCUT2D eigenvalue weighted by molar-refractivity contribution is 5.72. The zero-order valence-corrected chi connectivity index (χ0v) is 9.80. The molecule has 0 bridgehead atoms. The number of fused-ring (bicyclic) bond motifs is 1. The highest BCUT2D eigenvalue weighted by Crippen LogP contribution is 2.32. The third-order valence-electron chi connectivity index (χ3n) is 3.52. The van der Waals surface area contributed by atoms with Crippen LogP contribution in [0.3, 0.4) is 0 Å². The molecule has 2 heterocycles. The van der Waals surface area contributed by atoms with Gasteiger partial charge in [0.25, 0.3) is 0 Å². The van der Waals surface area contributed by atoms with E-state index in [2.05, 4.69) is 15.0 Å². The van der Waals surface area contributed by atoms with E-state index in [4.69, 9.17) is 0 Å². The Hall–Kier alpha value is -1.57. The van der Waals surface area contributed by atoms with Gasteiger partial charge in [0.15, 0.2) is 5.65 Å². The van der Waals surface area contributed by atoms with Crippen molar-refractivity contribution in [3.05, 3.63) is 18.3 Å². The van der Waals surface area contributed by atoms with E-state index in [-0.39, 0.29) is 6.42 Å². The van der Waals surface area contributed by atoms with E-state index >= 15 is 0 Å². The molecule has 1 aliphatic carbocycles. The van der Waals surface area contributed by atoms with Crippen molar-refractivity contribution in [1.82, 2.24) is 19.5 Å². The van der Waals surface area contributed by atoms with Gasteiger partial charge in [0.2, 0.25) is 0 Å². The van der Waals surface area contributed by atoms with Crippen LogP contribution in [0.5, 0.6) is 0 Å². The third-order valence-corrected chi connectivity index (χ3v) is 3.52. The van der Waals surface area contributed by atoms with Gasteiger partial charge in [0.05, 0.1) is 24.2 Å². The standard InChI is InChI=1S/C11H14N4O3/c1-5-8-11(13-3-12-5)15(4-14-8)6-2-7(16)10(18)9(6)17/h3-4,6-7,9-10,16-18H,2H2,1H3/t6-,7+,9+,10-/m0/s1. The zero-order valence-electron chi connectivity index (χ0n) is 9.80. The van der Waals surface area contributed by atoms with Crippen LogP contribution in [0.4, 0.5) is 0 Å². The van der Waals surface area contributed by atoms with Crippen LogP contribution >= 0.6 is 0 Å². The number of hydrogen-bond donors (Lipinski definition) is 3. The van der Waals surface area contributed by atoms with E-state index in [0.717, 1.165) is 5.69 Å². The van der Waals surface area contributed by atoms with Crippen molar-refractivity contribution < 1.29 is 15.3 Å². The summed E-state index contributed by atoms with van der Waals surface area (Å²) in [7, 11) is 0. The lowest BCUT2D eigenvalue weighted by molar-refractivity contribution is -0.0244. The molecule has 1 saturated carbocycles. The molecule has 1 aliphatic rings. The van der Waals surface area contributed by atoms with Crippen molar-refractivity contribution in [2.75, 3.05) is 0 Å². The average Bonchev–Trinajstić information content (AvgIpc) is 2.88. The maximum absolute atomic E-state index is 9.93. The van der Waals surface area contributed by atoms with Crippen LogP contribution in [0.1, 0.15) is 18.2 Å². The highest BCUT2D eigenvalue weighted by atomic mass is 16.4. The van der Waals surface area contributed by atoms with Gasteiger partial charge in [-0.25, -0.2) is 15.0 Å². The Balaban J connectivity index is 2.08. The number of nitrogens with zero attached hydrogens (tertiary/aromatic N) is 4. The van der Waals surface area contributed by atoms with Gasteiger partial charge in [-0.3, -0.25) is 0 Å². The van der Waals surface area contributed by atoms with Crippen LogP contribution in [0.25, 0.3) is 11.2 Å². The lowest BCUT2D eigenvalue weighted by Crippen LogP contribution is -2.31. The third kappa shape index (κ3) is 1.52. The van der Waals surface area contributed by atoms with Crippen LogP contribution in [0, 0.1) is 6.92 Å². The maximum atomic E-state index is 9.93. The molecule has 7 heteroatoms. The molecular formula is C11H14N4O3. The Labute approximate surface area is 103 Å². The Morgan fingerprint density at radius 1 is 1.17 bits per heavy atom. The van der Waals surface area contributed by atoms with E-state index in [9.17, 15) is 15.3 Å². The van der Waals surface area contributed by atoms with Crippen molar-refractivity contribution >= 4 is 11.2 Å². The van der Waals surface area contributed by atoms with Gasteiger partial charge in [0, 0.05) is 0 Å². The van der Waals surface area contributed by atoms with Crippen molar-refractivity contribution in [3.63, 3.8) is 0 Å². The second kappa shape index (κ2) is 3.98. The number of aliphatic hydroxyl groups excluding tert-OH is 3. The molecule has 0 unspecified atom stereocenters. The molecule has 0 radical (unpaired) electrons. The molecule has 0 aromatic carbocycles. The fraction of sp³-hybridized carbons (Fsp3) is 0.545. The monoisotopic (exact) mass is 250 g/mol. The molecule has 18 heavy (non-hydrogen) atoms. The van der Waals surface area contributed by atoms with Crippen LogP contribution in [-0.2, 0) is 0 Å². The molecule has 0 amide bonds. The summed E-state index contributed by atoms with van der Waals surface area (Å²) in [4.78, 5) is 12.4. The number of rotatable bonds is 1. The molecule has 3 N–H and O–H groups in total. The van der Waals surface area contributed by atoms with Crippen LogP contribution in [0.2, 0.25) is 0 Å². The predicted molar refractivity (Wildman–Crippen MR) is 61.7 cm³/mol. The fourth-order valence-corrected chi connectivity index (χ4v) is 2.47.